The van der Waals surface area contributed by atoms with Gasteiger partial charge < -0.3 is 8.83 Å². The van der Waals surface area contributed by atoms with Crippen molar-refractivity contribution in [3.05, 3.63) is 172 Å². The van der Waals surface area contributed by atoms with Crippen molar-refractivity contribution in [2.24, 2.45) is 11.3 Å². The topological polar surface area (TPSA) is 52.1 Å². The molecule has 3 heterocycles. The molecule has 286 valence electrons. The molecular weight excluding hydrogens is 721 g/mol. The lowest BCUT2D eigenvalue weighted by atomic mass is 9.62. The quantitative estimate of drug-likeness (QED) is 0.180. The lowest BCUT2D eigenvalue weighted by Crippen LogP contribution is -2.35. The zero-order chi connectivity index (χ0) is 39.0. The summed E-state index contributed by atoms with van der Waals surface area (Å²) in [7, 11) is 0. The first-order valence-corrected chi connectivity index (χ1v) is 21.7. The van der Waals surface area contributed by atoms with Crippen molar-refractivity contribution >= 4 is 49.6 Å². The van der Waals surface area contributed by atoms with Gasteiger partial charge in [0.1, 0.15) is 16.7 Å². The summed E-state index contributed by atoms with van der Waals surface area (Å²) in [5.74, 6) is 1.55. The molecule has 1 spiro atoms. The van der Waals surface area contributed by atoms with Crippen molar-refractivity contribution in [3.63, 3.8) is 0 Å². The molecule has 5 aromatic carbocycles. The minimum atomic E-state index is -0.0101. The first-order valence-electron chi connectivity index (χ1n) is 21.7. The predicted molar refractivity (Wildman–Crippen MR) is 239 cm³/mol. The van der Waals surface area contributed by atoms with E-state index in [9.17, 15) is 0 Å². The number of para-hydroxylation sites is 2. The largest absolute Gasteiger partial charge is 0.455 e. The Balaban J connectivity index is 0.945. The van der Waals surface area contributed by atoms with Gasteiger partial charge in [-0.1, -0.05) is 148 Å². The third kappa shape index (κ3) is 4.60. The summed E-state index contributed by atoms with van der Waals surface area (Å²) in [5.41, 5.74) is 18.0. The van der Waals surface area contributed by atoms with Gasteiger partial charge >= 0.3 is 0 Å². The number of benzene rings is 5. The molecule has 2 atom stereocenters. The van der Waals surface area contributed by atoms with E-state index in [2.05, 4.69) is 123 Å². The summed E-state index contributed by atoms with van der Waals surface area (Å²) in [6.07, 6.45) is 16.8. The average Bonchev–Trinajstić information content (AvgIpc) is 3.99. The fourth-order valence-electron chi connectivity index (χ4n) is 12.3. The van der Waals surface area contributed by atoms with Crippen molar-refractivity contribution in [2.75, 3.05) is 0 Å². The summed E-state index contributed by atoms with van der Waals surface area (Å²) < 4.78 is 13.2. The Kier molecular flexibility index (Phi) is 6.93. The maximum atomic E-state index is 6.78. The maximum absolute atomic E-state index is 6.78. The van der Waals surface area contributed by atoms with Crippen molar-refractivity contribution in [3.8, 4) is 22.6 Å². The Morgan fingerprint density at radius 1 is 0.661 bits per heavy atom. The molecule has 13 rings (SSSR count). The van der Waals surface area contributed by atoms with Gasteiger partial charge in [-0.25, -0.2) is 4.98 Å². The van der Waals surface area contributed by atoms with E-state index in [0.717, 1.165) is 68.0 Å². The molecule has 1 saturated carbocycles. The van der Waals surface area contributed by atoms with Crippen LogP contribution < -0.4 is 0 Å². The third-order valence-corrected chi connectivity index (χ3v) is 15.0. The van der Waals surface area contributed by atoms with Crippen molar-refractivity contribution in [2.45, 2.75) is 70.1 Å². The molecule has 5 aliphatic rings. The molecule has 0 N–H and O–H groups in total. The number of aromatic nitrogens is 2. The molecule has 0 radical (unpaired) electrons. The highest BCUT2D eigenvalue weighted by atomic mass is 16.3. The van der Waals surface area contributed by atoms with E-state index < -0.39 is 0 Å². The van der Waals surface area contributed by atoms with E-state index in [1.807, 2.05) is 24.3 Å². The zero-order valence-corrected chi connectivity index (χ0v) is 33.5. The number of fused-ring (bicyclic) bond motifs is 13. The molecule has 4 nitrogen and oxygen atoms in total. The smallest absolute Gasteiger partial charge is 0.231 e. The van der Waals surface area contributed by atoms with Gasteiger partial charge in [0.25, 0.3) is 0 Å². The van der Waals surface area contributed by atoms with Gasteiger partial charge in [0.05, 0.1) is 16.6 Å². The molecule has 0 bridgehead atoms. The van der Waals surface area contributed by atoms with Crippen LogP contribution in [0.15, 0.2) is 165 Å². The van der Waals surface area contributed by atoms with Crippen molar-refractivity contribution < 1.29 is 8.83 Å². The van der Waals surface area contributed by atoms with Gasteiger partial charge in [-0.15, -0.1) is 0 Å². The highest BCUT2D eigenvalue weighted by molar-refractivity contribution is 6.13. The van der Waals surface area contributed by atoms with Crippen LogP contribution in [0.25, 0.3) is 72.2 Å². The Morgan fingerprint density at radius 2 is 1.46 bits per heavy atom. The molecule has 8 aromatic rings. The van der Waals surface area contributed by atoms with Crippen molar-refractivity contribution in [1.82, 2.24) is 9.97 Å². The van der Waals surface area contributed by atoms with E-state index in [1.165, 1.54) is 60.0 Å². The first kappa shape index (κ1) is 33.7. The predicted octanol–water partition coefficient (Wildman–Crippen LogP) is 14.6. The highest BCUT2D eigenvalue weighted by Crippen LogP contribution is 2.65. The molecule has 3 aromatic heterocycles. The van der Waals surface area contributed by atoms with E-state index in [4.69, 9.17) is 18.8 Å². The standard InChI is InChI=1S/C55H44N2O2/c1-54(2)43-23-14-19-34(48(43)41-31-45-39(30-44(41)54)35-17-7-9-22-42(35)55(45)27-11-4-12-28-55)33-25-26-47-40(29-33)36-20-13-21-38(51(36)58-47)52-56-50(32-15-5-3-6-16-32)49-37-18-8-10-24-46(37)59-53(49)57-52/h3,5-10,13,15-22,24-26,29-31,39,45H,4,11-12,14,23,27-28H2,1-2H3. The van der Waals surface area contributed by atoms with Crippen LogP contribution in [-0.2, 0) is 5.41 Å². The minimum absolute atomic E-state index is 0.0101. The second-order valence-electron chi connectivity index (χ2n) is 18.2. The molecule has 5 aliphatic carbocycles. The fourth-order valence-corrected chi connectivity index (χ4v) is 12.3. The SMILES string of the molecule is CC1(C)C2=CC3c4ccccc4C4(CCCCC4)C3C=C2C2=C1CCC=C2c1ccc2oc3c(-c4nc(-c5ccccc5)c5c(n4)oc4ccccc45)cccc3c2c1. The van der Waals surface area contributed by atoms with Gasteiger partial charge in [0.2, 0.25) is 5.71 Å². The average molecular weight is 765 g/mol. The van der Waals surface area contributed by atoms with Crippen LogP contribution in [0.4, 0.5) is 0 Å². The molecule has 1 fully saturated rings. The Hall–Kier alpha value is -6.26. The van der Waals surface area contributed by atoms with Crippen LogP contribution >= 0.6 is 0 Å². The first-order chi connectivity index (χ1) is 29.0. The maximum Gasteiger partial charge on any atom is 0.231 e. The second-order valence-corrected chi connectivity index (χ2v) is 18.2. The van der Waals surface area contributed by atoms with Crippen LogP contribution in [0.1, 0.15) is 81.4 Å². The number of hydrogen-bond acceptors (Lipinski definition) is 4. The van der Waals surface area contributed by atoms with Gasteiger partial charge in [-0.3, -0.25) is 0 Å². The number of nitrogens with zero attached hydrogens (tertiary/aromatic N) is 2. The van der Waals surface area contributed by atoms with Gasteiger partial charge in [-0.2, -0.15) is 4.98 Å². The van der Waals surface area contributed by atoms with E-state index in [-0.39, 0.29) is 10.8 Å². The van der Waals surface area contributed by atoms with Crippen LogP contribution in [0.2, 0.25) is 0 Å². The van der Waals surface area contributed by atoms with Gasteiger partial charge in [0, 0.05) is 38.5 Å². The zero-order valence-electron chi connectivity index (χ0n) is 33.5. The Labute approximate surface area is 343 Å². The van der Waals surface area contributed by atoms with Crippen molar-refractivity contribution in [1.29, 1.82) is 0 Å². The summed E-state index contributed by atoms with van der Waals surface area (Å²) in [5, 5.41) is 4.11. The number of furan rings is 2. The molecule has 4 heteroatoms. The molecule has 0 aliphatic heterocycles. The Morgan fingerprint density at radius 3 is 2.36 bits per heavy atom. The summed E-state index contributed by atoms with van der Waals surface area (Å²) in [6.45, 7) is 4.97. The molecule has 2 unspecified atom stereocenters. The van der Waals surface area contributed by atoms with Crippen LogP contribution in [0, 0.1) is 11.3 Å². The Bertz CT molecular complexity index is 3230. The van der Waals surface area contributed by atoms with Crippen LogP contribution in [-0.4, -0.2) is 9.97 Å². The summed E-state index contributed by atoms with van der Waals surface area (Å²) in [6, 6.07) is 41.1. The minimum Gasteiger partial charge on any atom is -0.455 e. The lowest BCUT2D eigenvalue weighted by molar-refractivity contribution is 0.232. The monoisotopic (exact) mass is 764 g/mol. The third-order valence-electron chi connectivity index (χ3n) is 15.0. The molecule has 0 amide bonds. The number of allylic oxidation sites excluding steroid dienone is 8. The molecule has 59 heavy (non-hydrogen) atoms. The van der Waals surface area contributed by atoms with E-state index >= 15 is 0 Å². The van der Waals surface area contributed by atoms with E-state index in [0.29, 0.717) is 23.4 Å². The number of rotatable bonds is 3. The van der Waals surface area contributed by atoms with Gasteiger partial charge in [-0.05, 0) is 94.8 Å². The molecular formula is C55H44N2O2. The number of hydrogen-bond donors (Lipinski definition) is 0. The van der Waals surface area contributed by atoms with Gasteiger partial charge in [0.15, 0.2) is 5.82 Å². The second kappa shape index (κ2) is 12.1. The van der Waals surface area contributed by atoms with Crippen LogP contribution in [0.3, 0.4) is 0 Å². The fraction of sp³-hybridized carbons (Fsp3) is 0.236. The van der Waals surface area contributed by atoms with E-state index in [1.54, 1.807) is 16.7 Å². The van der Waals surface area contributed by atoms with Crippen LogP contribution in [0.5, 0.6) is 0 Å². The summed E-state index contributed by atoms with van der Waals surface area (Å²) in [4.78, 5) is 10.3. The lowest BCUT2D eigenvalue weighted by Gasteiger charge is -2.42. The normalized spacial score (nSPS) is 21.4. The molecule has 0 saturated heterocycles. The highest BCUT2D eigenvalue weighted by Gasteiger charge is 2.54. The summed E-state index contributed by atoms with van der Waals surface area (Å²) >= 11 is 0.